The van der Waals surface area contributed by atoms with Crippen molar-refractivity contribution < 1.29 is 9.32 Å². The van der Waals surface area contributed by atoms with Crippen LogP contribution in [0.1, 0.15) is 71.4 Å². The average molecular weight is 419 g/mol. The van der Waals surface area contributed by atoms with Crippen molar-refractivity contribution in [3.8, 4) is 0 Å². The zero-order valence-corrected chi connectivity index (χ0v) is 18.4. The van der Waals surface area contributed by atoms with E-state index in [9.17, 15) is 4.79 Å². The Balaban J connectivity index is 1.24. The summed E-state index contributed by atoms with van der Waals surface area (Å²) in [4.78, 5) is 20.1. The normalized spacial score (nSPS) is 17.9. The van der Waals surface area contributed by atoms with Crippen molar-refractivity contribution in [2.45, 2.75) is 58.5 Å². The van der Waals surface area contributed by atoms with E-state index in [1.165, 1.54) is 31.5 Å². The first kappa shape index (κ1) is 20.2. The van der Waals surface area contributed by atoms with Crippen LogP contribution in [0.5, 0.6) is 0 Å². The highest BCUT2D eigenvalue weighted by molar-refractivity contribution is 6.06. The second kappa shape index (κ2) is 8.42. The smallest absolute Gasteiger partial charge is 0.259 e. The number of aromatic nitrogens is 2. The van der Waals surface area contributed by atoms with Gasteiger partial charge in [0.2, 0.25) is 0 Å². The number of likely N-dealkylation sites (tertiary alicyclic amines) is 1. The minimum Gasteiger partial charge on any atom is -0.348 e. The van der Waals surface area contributed by atoms with Crippen LogP contribution in [0.25, 0.3) is 11.1 Å². The first-order chi connectivity index (χ1) is 15.1. The Bertz CT molecular complexity index is 1080. The monoisotopic (exact) mass is 418 g/mol. The van der Waals surface area contributed by atoms with Crippen molar-refractivity contribution in [1.82, 2.24) is 20.4 Å². The van der Waals surface area contributed by atoms with Crippen molar-refractivity contribution in [2.24, 2.45) is 5.92 Å². The number of carbonyl (C=O) groups is 1. The number of nitrogens with zero attached hydrogens (tertiary/aromatic N) is 3. The molecule has 1 aliphatic heterocycles. The van der Waals surface area contributed by atoms with Crippen molar-refractivity contribution in [1.29, 1.82) is 0 Å². The highest BCUT2D eigenvalue weighted by Gasteiger charge is 2.28. The minimum atomic E-state index is -0.105. The van der Waals surface area contributed by atoms with Crippen LogP contribution in [0, 0.1) is 12.8 Å². The molecule has 1 amide bonds. The van der Waals surface area contributed by atoms with Crippen LogP contribution >= 0.6 is 0 Å². The second-order valence-electron chi connectivity index (χ2n) is 9.27. The quantitative estimate of drug-likeness (QED) is 0.635. The van der Waals surface area contributed by atoms with Crippen LogP contribution in [0.3, 0.4) is 0 Å². The van der Waals surface area contributed by atoms with Crippen LogP contribution in [-0.4, -0.2) is 34.0 Å². The van der Waals surface area contributed by atoms with Crippen molar-refractivity contribution in [3.05, 3.63) is 58.4 Å². The molecule has 6 nitrogen and oxygen atoms in total. The van der Waals surface area contributed by atoms with E-state index < -0.39 is 0 Å². The van der Waals surface area contributed by atoms with E-state index in [0.29, 0.717) is 34.8 Å². The molecule has 2 aliphatic rings. The zero-order chi connectivity index (χ0) is 21.4. The summed E-state index contributed by atoms with van der Waals surface area (Å²) in [5.41, 5.74) is 5.13. The van der Waals surface area contributed by atoms with Crippen molar-refractivity contribution in [3.63, 3.8) is 0 Å². The Hall–Kier alpha value is -2.73. The van der Waals surface area contributed by atoms with E-state index in [1.807, 2.05) is 13.0 Å². The molecule has 6 heteroatoms. The van der Waals surface area contributed by atoms with E-state index in [-0.39, 0.29) is 5.91 Å². The van der Waals surface area contributed by atoms with Crippen LogP contribution in [-0.2, 0) is 13.1 Å². The standard InChI is InChI=1S/C25H30N4O2/c1-16-9-11-29(12-10-16)15-19-5-3-18(4-6-19)14-26-24(30)21-13-22(20-7-8-20)27-25-23(21)17(2)28-31-25/h3-6,13,16,20H,7-12,14-15H2,1-2H3,(H,26,30). The number of pyridine rings is 1. The number of hydrogen-bond donors (Lipinski definition) is 1. The number of aryl methyl sites for hydroxylation is 1. The maximum Gasteiger partial charge on any atom is 0.259 e. The third kappa shape index (κ3) is 4.49. The van der Waals surface area contributed by atoms with Gasteiger partial charge in [-0.15, -0.1) is 0 Å². The van der Waals surface area contributed by atoms with Gasteiger partial charge in [-0.3, -0.25) is 9.69 Å². The first-order valence-electron chi connectivity index (χ1n) is 11.4. The van der Waals surface area contributed by atoms with Gasteiger partial charge in [0.25, 0.3) is 11.6 Å². The molecule has 3 aromatic rings. The molecule has 2 aromatic heterocycles. The van der Waals surface area contributed by atoms with Gasteiger partial charge in [-0.25, -0.2) is 4.98 Å². The topological polar surface area (TPSA) is 71.3 Å². The SMILES string of the molecule is Cc1noc2nc(C3CC3)cc(C(=O)NCc3ccc(CN4CCC(C)CC4)cc3)c12. The maximum atomic E-state index is 13.0. The lowest BCUT2D eigenvalue weighted by atomic mass is 9.99. The number of fused-ring (bicyclic) bond motifs is 1. The van der Waals surface area contributed by atoms with Crippen LogP contribution in [0.15, 0.2) is 34.9 Å². The summed E-state index contributed by atoms with van der Waals surface area (Å²) in [5, 5.41) is 7.80. The number of benzene rings is 1. The van der Waals surface area contributed by atoms with Gasteiger partial charge >= 0.3 is 0 Å². The molecule has 5 rings (SSSR count). The van der Waals surface area contributed by atoms with Gasteiger partial charge in [0.15, 0.2) is 0 Å². The Morgan fingerprint density at radius 1 is 1.13 bits per heavy atom. The number of carbonyl (C=O) groups excluding carboxylic acids is 1. The number of hydrogen-bond acceptors (Lipinski definition) is 5. The molecule has 0 spiro atoms. The van der Waals surface area contributed by atoms with Gasteiger partial charge in [0.1, 0.15) is 0 Å². The number of nitrogens with one attached hydrogen (secondary N) is 1. The summed E-state index contributed by atoms with van der Waals surface area (Å²) in [6.07, 6.45) is 4.83. The predicted octanol–water partition coefficient (Wildman–Crippen LogP) is 4.57. The van der Waals surface area contributed by atoms with Gasteiger partial charge in [-0.2, -0.15) is 0 Å². The van der Waals surface area contributed by atoms with Crippen molar-refractivity contribution in [2.75, 3.05) is 13.1 Å². The van der Waals surface area contributed by atoms with E-state index >= 15 is 0 Å². The van der Waals surface area contributed by atoms with E-state index in [0.717, 1.165) is 36.6 Å². The lowest BCUT2D eigenvalue weighted by molar-refractivity contribution is 0.0952. The molecule has 31 heavy (non-hydrogen) atoms. The fourth-order valence-electron chi connectivity index (χ4n) is 4.40. The molecule has 1 N–H and O–H groups in total. The molecule has 2 fully saturated rings. The summed E-state index contributed by atoms with van der Waals surface area (Å²) >= 11 is 0. The van der Waals surface area contributed by atoms with Crippen LogP contribution in [0.2, 0.25) is 0 Å². The number of amides is 1. The molecule has 1 saturated carbocycles. The highest BCUT2D eigenvalue weighted by Crippen LogP contribution is 2.40. The van der Waals surface area contributed by atoms with Gasteiger partial charge in [0, 0.05) is 24.7 Å². The molecule has 1 saturated heterocycles. The molecule has 3 heterocycles. The molecule has 1 aliphatic carbocycles. The molecular formula is C25H30N4O2. The fourth-order valence-corrected chi connectivity index (χ4v) is 4.40. The summed E-state index contributed by atoms with van der Waals surface area (Å²) in [7, 11) is 0. The zero-order valence-electron chi connectivity index (χ0n) is 18.4. The second-order valence-corrected chi connectivity index (χ2v) is 9.27. The molecular weight excluding hydrogens is 388 g/mol. The van der Waals surface area contributed by atoms with E-state index in [4.69, 9.17) is 4.52 Å². The van der Waals surface area contributed by atoms with Gasteiger partial charge < -0.3 is 9.84 Å². The Labute approximate surface area is 183 Å². The number of rotatable bonds is 6. The maximum absolute atomic E-state index is 13.0. The summed E-state index contributed by atoms with van der Waals surface area (Å²) in [6, 6.07) is 10.5. The largest absolute Gasteiger partial charge is 0.348 e. The lowest BCUT2D eigenvalue weighted by Crippen LogP contribution is -2.32. The van der Waals surface area contributed by atoms with E-state index in [1.54, 1.807) is 0 Å². The summed E-state index contributed by atoms with van der Waals surface area (Å²) in [5.74, 6) is 1.19. The predicted molar refractivity (Wildman–Crippen MR) is 120 cm³/mol. The molecule has 0 radical (unpaired) electrons. The Morgan fingerprint density at radius 3 is 2.55 bits per heavy atom. The van der Waals surface area contributed by atoms with Crippen molar-refractivity contribution >= 4 is 17.0 Å². The van der Waals surface area contributed by atoms with E-state index in [2.05, 4.69) is 51.5 Å². The first-order valence-corrected chi connectivity index (χ1v) is 11.4. The average Bonchev–Trinajstić information content (AvgIpc) is 3.57. The third-order valence-electron chi connectivity index (χ3n) is 6.64. The summed E-state index contributed by atoms with van der Waals surface area (Å²) < 4.78 is 5.36. The highest BCUT2D eigenvalue weighted by atomic mass is 16.5. The Kier molecular flexibility index (Phi) is 5.48. The van der Waals surface area contributed by atoms with Gasteiger partial charge in [-0.1, -0.05) is 36.3 Å². The summed E-state index contributed by atoms with van der Waals surface area (Å²) in [6.45, 7) is 8.06. The fraction of sp³-hybridized carbons (Fsp3) is 0.480. The Morgan fingerprint density at radius 2 is 1.84 bits per heavy atom. The molecule has 162 valence electrons. The number of piperidine rings is 1. The lowest BCUT2D eigenvalue weighted by Gasteiger charge is -2.30. The minimum absolute atomic E-state index is 0.105. The molecule has 0 unspecified atom stereocenters. The van der Waals surface area contributed by atoms with Crippen LogP contribution in [0.4, 0.5) is 0 Å². The molecule has 0 atom stereocenters. The molecule has 0 bridgehead atoms. The molecule has 1 aromatic carbocycles. The van der Waals surface area contributed by atoms with Gasteiger partial charge in [-0.05, 0) is 68.8 Å². The third-order valence-corrected chi connectivity index (χ3v) is 6.64. The van der Waals surface area contributed by atoms with Crippen LogP contribution < -0.4 is 5.32 Å². The van der Waals surface area contributed by atoms with Gasteiger partial charge in [0.05, 0.1) is 16.6 Å².